The molecule has 8 heteroatoms. The molecule has 128 valence electrons. The zero-order chi connectivity index (χ0) is 17.5. The molecule has 1 aromatic carbocycles. The van der Waals surface area contributed by atoms with Crippen molar-refractivity contribution >= 4 is 11.7 Å². The third kappa shape index (κ3) is 2.79. The van der Waals surface area contributed by atoms with E-state index in [1.54, 1.807) is 42.9 Å². The number of benzene rings is 1. The highest BCUT2D eigenvalue weighted by Gasteiger charge is 2.40. The molecule has 1 aliphatic heterocycles. The van der Waals surface area contributed by atoms with Crippen molar-refractivity contribution < 1.29 is 13.6 Å². The predicted molar refractivity (Wildman–Crippen MR) is 85.9 cm³/mol. The predicted octanol–water partition coefficient (Wildman–Crippen LogP) is 2.36. The smallest absolute Gasteiger partial charge is 0.318 e. The molecule has 24 heavy (non-hydrogen) atoms. The van der Waals surface area contributed by atoms with Gasteiger partial charge in [0.05, 0.1) is 17.9 Å². The molecule has 0 bridgehead atoms. The van der Waals surface area contributed by atoms with E-state index in [1.807, 2.05) is 6.07 Å². The lowest BCUT2D eigenvalue weighted by Gasteiger charge is -2.16. The molecule has 6 nitrogen and oxygen atoms in total. The van der Waals surface area contributed by atoms with Crippen LogP contribution in [0.1, 0.15) is 12.1 Å². The first-order valence-corrected chi connectivity index (χ1v) is 7.58. The maximum atomic E-state index is 13.3. The van der Waals surface area contributed by atoms with E-state index in [-0.39, 0.29) is 18.7 Å². The second kappa shape index (κ2) is 5.77. The number of rotatable bonds is 2. The van der Waals surface area contributed by atoms with Gasteiger partial charge in [0.2, 0.25) is 0 Å². The van der Waals surface area contributed by atoms with Crippen LogP contribution in [0.5, 0.6) is 0 Å². The van der Waals surface area contributed by atoms with Crippen LogP contribution in [0.4, 0.5) is 19.3 Å². The molecule has 1 fully saturated rings. The van der Waals surface area contributed by atoms with Gasteiger partial charge >= 0.3 is 6.03 Å². The largest absolute Gasteiger partial charge is 0.322 e. The van der Waals surface area contributed by atoms with Crippen molar-refractivity contribution in [3.8, 4) is 5.69 Å². The number of nitrogens with zero attached hydrogens (tertiary/aromatic N) is 3. The number of urea groups is 1. The Balaban J connectivity index is 1.90. The minimum Gasteiger partial charge on any atom is -0.318 e. The number of halogens is 2. The van der Waals surface area contributed by atoms with Crippen LogP contribution in [-0.2, 0) is 7.05 Å². The van der Waals surface area contributed by atoms with Crippen LogP contribution in [0, 0.1) is 6.92 Å². The van der Waals surface area contributed by atoms with E-state index in [4.69, 9.17) is 0 Å². The van der Waals surface area contributed by atoms with Gasteiger partial charge < -0.3 is 10.2 Å². The summed E-state index contributed by atoms with van der Waals surface area (Å²) in [6.07, 6.45) is -0.359. The van der Waals surface area contributed by atoms with Gasteiger partial charge in [0.15, 0.2) is 0 Å². The summed E-state index contributed by atoms with van der Waals surface area (Å²) in [7, 11) is 1.70. The first-order valence-electron chi connectivity index (χ1n) is 7.58. The number of nitrogens with one attached hydrogen (secondary N) is 1. The number of carbonyl (C=O) groups excluding carboxylic acids is 1. The fraction of sp³-hybridized carbons (Fsp3) is 0.375. The summed E-state index contributed by atoms with van der Waals surface area (Å²) < 4.78 is 29.5. The molecule has 3 rings (SSSR count). The van der Waals surface area contributed by atoms with E-state index in [0.29, 0.717) is 11.4 Å². The molecule has 2 amide bonds. The van der Waals surface area contributed by atoms with Crippen LogP contribution >= 0.6 is 0 Å². The lowest BCUT2D eigenvalue weighted by Crippen LogP contribution is -2.36. The fourth-order valence-corrected chi connectivity index (χ4v) is 2.81. The first-order chi connectivity index (χ1) is 11.3. The maximum Gasteiger partial charge on any atom is 0.322 e. The monoisotopic (exact) mass is 336 g/mol. The second-order valence-corrected chi connectivity index (χ2v) is 5.89. The van der Waals surface area contributed by atoms with Crippen molar-refractivity contribution in [1.29, 1.82) is 0 Å². The Kier molecular flexibility index (Phi) is 3.90. The zero-order valence-corrected chi connectivity index (χ0v) is 13.4. The Bertz CT molecular complexity index is 827. The highest BCUT2D eigenvalue weighted by molar-refractivity contribution is 5.90. The molecular weight excluding hydrogens is 318 g/mol. The lowest BCUT2D eigenvalue weighted by molar-refractivity contribution is 0.0159. The lowest BCUT2D eigenvalue weighted by atomic mass is 10.3. The Morgan fingerprint density at radius 2 is 1.92 bits per heavy atom. The van der Waals surface area contributed by atoms with E-state index in [0.717, 1.165) is 4.90 Å². The molecule has 0 unspecified atom stereocenters. The Morgan fingerprint density at radius 1 is 1.25 bits per heavy atom. The van der Waals surface area contributed by atoms with Gasteiger partial charge in [-0.3, -0.25) is 9.48 Å². The van der Waals surface area contributed by atoms with Gasteiger partial charge in [-0.2, -0.15) is 0 Å². The molecule has 0 saturated carbocycles. The number of hydrogen-bond acceptors (Lipinski definition) is 2. The van der Waals surface area contributed by atoms with Crippen molar-refractivity contribution in [2.75, 3.05) is 18.4 Å². The van der Waals surface area contributed by atoms with Gasteiger partial charge in [-0.15, -0.1) is 0 Å². The molecule has 1 saturated heterocycles. The van der Waals surface area contributed by atoms with Crippen LogP contribution in [0.15, 0.2) is 35.1 Å². The van der Waals surface area contributed by atoms with Crippen LogP contribution in [0.25, 0.3) is 5.69 Å². The number of aromatic nitrogens is 2. The summed E-state index contributed by atoms with van der Waals surface area (Å²) in [6.45, 7) is 1.03. The number of alkyl halides is 2. The molecule has 0 aliphatic carbocycles. The molecule has 0 radical (unpaired) electrons. The number of hydrogen-bond donors (Lipinski definition) is 1. The molecule has 2 heterocycles. The third-order valence-electron chi connectivity index (χ3n) is 4.24. The third-order valence-corrected chi connectivity index (χ3v) is 4.24. The molecule has 0 spiro atoms. The van der Waals surface area contributed by atoms with Crippen LogP contribution < -0.4 is 10.9 Å². The fourth-order valence-electron chi connectivity index (χ4n) is 2.81. The van der Waals surface area contributed by atoms with Crippen molar-refractivity contribution in [1.82, 2.24) is 14.3 Å². The molecule has 0 atom stereocenters. The highest BCUT2D eigenvalue weighted by atomic mass is 19.3. The van der Waals surface area contributed by atoms with Crippen LogP contribution in [0.3, 0.4) is 0 Å². The van der Waals surface area contributed by atoms with E-state index in [2.05, 4.69) is 5.32 Å². The summed E-state index contributed by atoms with van der Waals surface area (Å²) in [5.74, 6) is -2.87. The number of anilines is 1. The highest BCUT2D eigenvalue weighted by Crippen LogP contribution is 2.27. The summed E-state index contributed by atoms with van der Waals surface area (Å²) in [6, 6.07) is 8.29. The Morgan fingerprint density at radius 3 is 2.50 bits per heavy atom. The molecular formula is C16H18F2N4O2. The average Bonchev–Trinajstić information content (AvgIpc) is 3.01. The van der Waals surface area contributed by atoms with E-state index in [9.17, 15) is 18.4 Å². The minimum absolute atomic E-state index is 0.0302. The van der Waals surface area contributed by atoms with Gasteiger partial charge in [-0.05, 0) is 19.1 Å². The van der Waals surface area contributed by atoms with Crippen molar-refractivity contribution in [3.05, 3.63) is 46.4 Å². The van der Waals surface area contributed by atoms with Crippen molar-refractivity contribution in [2.45, 2.75) is 19.3 Å². The number of carbonyl (C=O) groups is 1. The zero-order valence-electron chi connectivity index (χ0n) is 13.4. The number of amides is 2. The Labute approximate surface area is 137 Å². The first kappa shape index (κ1) is 16.2. The summed E-state index contributed by atoms with van der Waals surface area (Å²) >= 11 is 0. The van der Waals surface area contributed by atoms with Gasteiger partial charge in [0.25, 0.3) is 11.5 Å². The van der Waals surface area contributed by atoms with E-state index >= 15 is 0 Å². The SMILES string of the molecule is Cc1c(NC(=O)N2CCC(F)(F)C2)c(=O)n(-c2ccccc2)n1C. The minimum atomic E-state index is -2.87. The normalized spacial score (nSPS) is 16.4. The van der Waals surface area contributed by atoms with Crippen molar-refractivity contribution in [3.63, 3.8) is 0 Å². The van der Waals surface area contributed by atoms with Crippen molar-refractivity contribution in [2.24, 2.45) is 7.05 Å². The molecule has 1 N–H and O–H groups in total. The Hall–Kier alpha value is -2.64. The quantitative estimate of drug-likeness (QED) is 0.915. The van der Waals surface area contributed by atoms with Gasteiger partial charge in [-0.1, -0.05) is 18.2 Å². The van der Waals surface area contributed by atoms with Gasteiger partial charge in [-0.25, -0.2) is 18.3 Å². The van der Waals surface area contributed by atoms with Crippen LogP contribution in [0.2, 0.25) is 0 Å². The molecule has 1 aliphatic rings. The summed E-state index contributed by atoms with van der Waals surface area (Å²) in [5.41, 5.74) is 0.895. The topological polar surface area (TPSA) is 59.3 Å². The standard InChI is InChI=1S/C16H18F2N4O2/c1-11-13(19-15(24)21-9-8-16(17,18)10-21)14(23)22(20(11)2)12-6-4-3-5-7-12/h3-7H,8-10H2,1-2H3,(H,19,24). The number of para-hydroxylation sites is 1. The van der Waals surface area contributed by atoms with Crippen LogP contribution in [-0.4, -0.2) is 39.3 Å². The van der Waals surface area contributed by atoms with Gasteiger partial charge in [0.1, 0.15) is 5.69 Å². The molecule has 1 aromatic heterocycles. The number of likely N-dealkylation sites (tertiary alicyclic amines) is 1. The molecule has 2 aromatic rings. The van der Waals surface area contributed by atoms with E-state index < -0.39 is 24.1 Å². The summed E-state index contributed by atoms with van der Waals surface area (Å²) in [4.78, 5) is 25.9. The maximum absolute atomic E-state index is 13.3. The van der Waals surface area contributed by atoms with E-state index in [1.165, 1.54) is 4.68 Å². The summed E-state index contributed by atoms with van der Waals surface area (Å²) in [5, 5.41) is 2.49. The average molecular weight is 336 g/mol. The second-order valence-electron chi connectivity index (χ2n) is 5.89. The van der Waals surface area contributed by atoms with Gasteiger partial charge in [0, 0.05) is 20.0 Å².